The summed E-state index contributed by atoms with van der Waals surface area (Å²) in [4.78, 5) is 26.9. The van der Waals surface area contributed by atoms with Gasteiger partial charge in [-0.2, -0.15) is 0 Å². The fourth-order valence-corrected chi connectivity index (χ4v) is 4.43. The number of carbonyl (C=O) groups is 2. The minimum atomic E-state index is -0.526. The zero-order valence-electron chi connectivity index (χ0n) is 16.8. The van der Waals surface area contributed by atoms with Crippen LogP contribution < -0.4 is 24.4 Å². The molecule has 156 valence electrons. The van der Waals surface area contributed by atoms with E-state index in [2.05, 4.69) is 5.32 Å². The molecule has 2 heterocycles. The number of nitrogens with one attached hydrogen (secondary N) is 1. The highest BCUT2D eigenvalue weighted by Gasteiger charge is 2.44. The first-order valence-corrected chi connectivity index (χ1v) is 10.3. The van der Waals surface area contributed by atoms with Gasteiger partial charge < -0.3 is 24.4 Å². The minimum absolute atomic E-state index is 0.0609. The van der Waals surface area contributed by atoms with Crippen molar-refractivity contribution < 1.29 is 23.8 Å². The highest BCUT2D eigenvalue weighted by molar-refractivity contribution is 6.03. The molecule has 7 heteroatoms. The van der Waals surface area contributed by atoms with Crippen molar-refractivity contribution in [3.05, 3.63) is 42.5 Å². The van der Waals surface area contributed by atoms with Gasteiger partial charge in [0.1, 0.15) is 5.75 Å². The van der Waals surface area contributed by atoms with E-state index in [1.807, 2.05) is 24.3 Å². The molecule has 2 amide bonds. The Hall–Kier alpha value is -3.22. The zero-order valence-corrected chi connectivity index (χ0v) is 16.8. The SMILES string of the molecule is COc1ccc(N2CC(C(=O)Nc3ccc4c(c3)OC3(CCCC3)O4)CC2=O)cc1. The van der Waals surface area contributed by atoms with Crippen LogP contribution in [0.25, 0.3) is 0 Å². The predicted molar refractivity (Wildman–Crippen MR) is 111 cm³/mol. The molecule has 5 rings (SSSR count). The van der Waals surface area contributed by atoms with Crippen molar-refractivity contribution in [3.8, 4) is 17.2 Å². The number of benzene rings is 2. The average molecular weight is 408 g/mol. The molecule has 2 aliphatic heterocycles. The third-order valence-corrected chi connectivity index (χ3v) is 6.05. The van der Waals surface area contributed by atoms with Gasteiger partial charge in [0, 0.05) is 43.2 Å². The van der Waals surface area contributed by atoms with Gasteiger partial charge in [-0.1, -0.05) is 0 Å². The lowest BCUT2D eigenvalue weighted by Crippen LogP contribution is -2.34. The number of methoxy groups -OCH3 is 1. The highest BCUT2D eigenvalue weighted by Crippen LogP contribution is 2.47. The molecule has 2 fully saturated rings. The number of hydrogen-bond acceptors (Lipinski definition) is 5. The van der Waals surface area contributed by atoms with Crippen LogP contribution in [-0.2, 0) is 9.59 Å². The molecule has 1 spiro atoms. The van der Waals surface area contributed by atoms with Gasteiger partial charge in [-0.15, -0.1) is 0 Å². The van der Waals surface area contributed by atoms with E-state index >= 15 is 0 Å². The lowest BCUT2D eigenvalue weighted by molar-refractivity contribution is -0.122. The van der Waals surface area contributed by atoms with E-state index < -0.39 is 11.7 Å². The fourth-order valence-electron chi connectivity index (χ4n) is 4.43. The van der Waals surface area contributed by atoms with Gasteiger partial charge >= 0.3 is 0 Å². The zero-order chi connectivity index (χ0) is 20.7. The second-order valence-corrected chi connectivity index (χ2v) is 8.08. The van der Waals surface area contributed by atoms with E-state index in [1.54, 1.807) is 30.2 Å². The van der Waals surface area contributed by atoms with Gasteiger partial charge in [0.2, 0.25) is 11.8 Å². The van der Waals surface area contributed by atoms with Crippen LogP contribution in [0.5, 0.6) is 17.2 Å². The topological polar surface area (TPSA) is 77.1 Å². The number of anilines is 2. The molecule has 0 aromatic heterocycles. The second-order valence-electron chi connectivity index (χ2n) is 8.08. The maximum Gasteiger partial charge on any atom is 0.251 e. The number of rotatable bonds is 4. The monoisotopic (exact) mass is 408 g/mol. The van der Waals surface area contributed by atoms with Crippen LogP contribution >= 0.6 is 0 Å². The number of fused-ring (bicyclic) bond motifs is 1. The molecule has 7 nitrogen and oxygen atoms in total. The molecule has 1 saturated heterocycles. The molecular weight excluding hydrogens is 384 g/mol. The molecule has 0 bridgehead atoms. The Labute approximate surface area is 174 Å². The van der Waals surface area contributed by atoms with Gasteiger partial charge in [0.05, 0.1) is 13.0 Å². The molecule has 1 saturated carbocycles. The van der Waals surface area contributed by atoms with Crippen LogP contribution in [0.3, 0.4) is 0 Å². The number of ether oxygens (including phenoxy) is 3. The quantitative estimate of drug-likeness (QED) is 0.834. The summed E-state index contributed by atoms with van der Waals surface area (Å²) in [5, 5.41) is 2.93. The van der Waals surface area contributed by atoms with Gasteiger partial charge in [-0.05, 0) is 49.2 Å². The van der Waals surface area contributed by atoms with Crippen molar-refractivity contribution >= 4 is 23.2 Å². The summed E-state index contributed by atoms with van der Waals surface area (Å²) in [6.07, 6.45) is 4.14. The van der Waals surface area contributed by atoms with Crippen LogP contribution in [0, 0.1) is 5.92 Å². The number of nitrogens with zero attached hydrogens (tertiary/aromatic N) is 1. The van der Waals surface area contributed by atoms with Crippen LogP contribution in [0.4, 0.5) is 11.4 Å². The van der Waals surface area contributed by atoms with Crippen LogP contribution in [0.1, 0.15) is 32.1 Å². The summed E-state index contributed by atoms with van der Waals surface area (Å²) in [6, 6.07) is 12.7. The Morgan fingerprint density at radius 1 is 1.10 bits per heavy atom. The lowest BCUT2D eigenvalue weighted by atomic mass is 10.1. The summed E-state index contributed by atoms with van der Waals surface area (Å²) in [6.45, 7) is 0.352. The van der Waals surface area contributed by atoms with E-state index in [-0.39, 0.29) is 18.2 Å². The lowest BCUT2D eigenvalue weighted by Gasteiger charge is -2.21. The van der Waals surface area contributed by atoms with E-state index in [0.29, 0.717) is 18.0 Å². The van der Waals surface area contributed by atoms with Crippen LogP contribution in [-0.4, -0.2) is 31.3 Å². The molecule has 1 unspecified atom stereocenters. The third-order valence-electron chi connectivity index (χ3n) is 6.05. The number of amides is 2. The fraction of sp³-hybridized carbons (Fsp3) is 0.391. The average Bonchev–Trinajstić information content (AvgIpc) is 3.46. The summed E-state index contributed by atoms with van der Waals surface area (Å²) >= 11 is 0. The Bertz CT molecular complexity index is 982. The molecule has 2 aromatic carbocycles. The van der Waals surface area contributed by atoms with E-state index in [1.165, 1.54) is 0 Å². The molecule has 3 aliphatic rings. The maximum absolute atomic E-state index is 12.8. The first-order chi connectivity index (χ1) is 14.5. The summed E-state index contributed by atoms with van der Waals surface area (Å²) in [7, 11) is 1.60. The first-order valence-electron chi connectivity index (χ1n) is 10.3. The van der Waals surface area contributed by atoms with Gasteiger partial charge in [0.25, 0.3) is 5.79 Å². The molecule has 2 aromatic rings. The molecular formula is C23H24N2O5. The van der Waals surface area contributed by atoms with Crippen molar-refractivity contribution in [3.63, 3.8) is 0 Å². The second kappa shape index (κ2) is 7.23. The highest BCUT2D eigenvalue weighted by atomic mass is 16.7. The number of hydrogen-bond donors (Lipinski definition) is 1. The Balaban J connectivity index is 1.25. The van der Waals surface area contributed by atoms with Gasteiger partial charge in [-0.25, -0.2) is 0 Å². The van der Waals surface area contributed by atoms with Gasteiger partial charge in [-0.3, -0.25) is 9.59 Å². The van der Waals surface area contributed by atoms with Crippen molar-refractivity contribution in [2.75, 3.05) is 23.9 Å². The molecule has 0 radical (unpaired) electrons. The third kappa shape index (κ3) is 3.34. The van der Waals surface area contributed by atoms with Crippen molar-refractivity contribution in [1.82, 2.24) is 0 Å². The maximum atomic E-state index is 12.8. The van der Waals surface area contributed by atoms with Crippen LogP contribution in [0.2, 0.25) is 0 Å². The van der Waals surface area contributed by atoms with Crippen LogP contribution in [0.15, 0.2) is 42.5 Å². The Kier molecular flexibility index (Phi) is 4.53. The van der Waals surface area contributed by atoms with E-state index in [0.717, 1.165) is 42.9 Å². The number of carbonyl (C=O) groups excluding carboxylic acids is 2. The van der Waals surface area contributed by atoms with E-state index in [9.17, 15) is 9.59 Å². The largest absolute Gasteiger partial charge is 0.497 e. The Morgan fingerprint density at radius 3 is 2.57 bits per heavy atom. The van der Waals surface area contributed by atoms with Crippen molar-refractivity contribution in [1.29, 1.82) is 0 Å². The van der Waals surface area contributed by atoms with E-state index in [4.69, 9.17) is 14.2 Å². The molecule has 1 atom stereocenters. The standard InChI is InChI=1S/C23H24N2O5/c1-28-18-7-5-17(6-8-18)25-14-15(12-21(25)26)22(27)24-16-4-9-19-20(13-16)30-23(29-19)10-2-3-11-23/h4-9,13,15H,2-3,10-12,14H2,1H3,(H,24,27). The normalized spacial score (nSPS) is 21.3. The summed E-state index contributed by atoms with van der Waals surface area (Å²) in [5.74, 6) is 0.937. The minimum Gasteiger partial charge on any atom is -0.497 e. The Morgan fingerprint density at radius 2 is 1.83 bits per heavy atom. The molecule has 30 heavy (non-hydrogen) atoms. The molecule has 1 aliphatic carbocycles. The first kappa shape index (κ1) is 18.8. The van der Waals surface area contributed by atoms with Crippen molar-refractivity contribution in [2.24, 2.45) is 5.92 Å². The summed E-state index contributed by atoms with van der Waals surface area (Å²) in [5.41, 5.74) is 1.41. The van der Waals surface area contributed by atoms with Gasteiger partial charge in [0.15, 0.2) is 11.5 Å². The van der Waals surface area contributed by atoms with Crippen molar-refractivity contribution in [2.45, 2.75) is 37.9 Å². The smallest absolute Gasteiger partial charge is 0.251 e. The molecule has 1 N–H and O–H groups in total. The predicted octanol–water partition coefficient (Wildman–Crippen LogP) is 3.73. The summed E-state index contributed by atoms with van der Waals surface area (Å²) < 4.78 is 17.2.